The third-order valence-corrected chi connectivity index (χ3v) is 10.1. The predicted molar refractivity (Wildman–Crippen MR) is 160 cm³/mol. The number of para-hydroxylation sites is 1. The van der Waals surface area contributed by atoms with E-state index in [1.54, 1.807) is 23.5 Å². The number of aromatic amines is 1. The number of hydrogen-bond donors (Lipinski definition) is 1. The summed E-state index contributed by atoms with van der Waals surface area (Å²) in [6, 6.07) is 14.2. The summed E-state index contributed by atoms with van der Waals surface area (Å²) < 4.78 is 1.34. The number of aromatic nitrogens is 3. The van der Waals surface area contributed by atoms with Crippen LogP contribution < -0.4 is 11.2 Å². The molecule has 0 saturated carbocycles. The van der Waals surface area contributed by atoms with Gasteiger partial charge in [-0.05, 0) is 78.9 Å². The molecule has 0 amide bonds. The highest BCUT2D eigenvalue weighted by atomic mass is 32.1. The van der Waals surface area contributed by atoms with Crippen LogP contribution in [-0.4, -0.2) is 39.1 Å². The highest BCUT2D eigenvalue weighted by Crippen LogP contribution is 2.47. The second kappa shape index (κ2) is 9.86. The zero-order chi connectivity index (χ0) is 27.4. The van der Waals surface area contributed by atoms with E-state index in [1.807, 2.05) is 12.1 Å². The van der Waals surface area contributed by atoms with Crippen molar-refractivity contribution in [1.29, 1.82) is 0 Å². The molecule has 6 rings (SSSR count). The number of nitrogens with zero attached hydrogens (tertiary/aromatic N) is 3. The highest BCUT2D eigenvalue weighted by Gasteiger charge is 2.37. The van der Waals surface area contributed by atoms with Crippen LogP contribution in [0, 0.1) is 0 Å². The minimum Gasteiger partial charge on any atom is -0.307 e. The second-order valence-corrected chi connectivity index (χ2v) is 13.5. The van der Waals surface area contributed by atoms with Gasteiger partial charge >= 0.3 is 5.69 Å². The lowest BCUT2D eigenvalue weighted by atomic mass is 9.63. The number of H-pyrrole nitrogens is 1. The van der Waals surface area contributed by atoms with Gasteiger partial charge in [0, 0.05) is 30.0 Å². The monoisotopic (exact) mass is 542 g/mol. The van der Waals surface area contributed by atoms with Crippen LogP contribution in [0.3, 0.4) is 0 Å². The van der Waals surface area contributed by atoms with Crippen molar-refractivity contribution in [3.8, 4) is 11.3 Å². The van der Waals surface area contributed by atoms with Gasteiger partial charge in [-0.15, -0.1) is 11.3 Å². The number of likely N-dealkylation sites (tertiary alicyclic amines) is 1. The van der Waals surface area contributed by atoms with Crippen molar-refractivity contribution in [3.05, 3.63) is 84.8 Å². The fourth-order valence-electron chi connectivity index (χ4n) is 6.40. The van der Waals surface area contributed by atoms with Crippen molar-refractivity contribution in [1.82, 2.24) is 19.4 Å². The number of rotatable bonds is 5. The number of benzene rings is 2. The van der Waals surface area contributed by atoms with Crippen molar-refractivity contribution in [3.63, 3.8) is 0 Å². The highest BCUT2D eigenvalue weighted by molar-refractivity contribution is 7.10. The van der Waals surface area contributed by atoms with Crippen molar-refractivity contribution >= 4 is 22.2 Å². The van der Waals surface area contributed by atoms with Gasteiger partial charge in [0.25, 0.3) is 5.56 Å². The third kappa shape index (κ3) is 4.91. The van der Waals surface area contributed by atoms with E-state index in [4.69, 9.17) is 4.98 Å². The Morgan fingerprint density at radius 2 is 1.67 bits per heavy atom. The number of hydrogen-bond acceptors (Lipinski definition) is 5. The molecule has 0 radical (unpaired) electrons. The summed E-state index contributed by atoms with van der Waals surface area (Å²) in [6.07, 6.45) is 4.52. The fraction of sp³-hybridized carbons (Fsp3) is 0.469. The summed E-state index contributed by atoms with van der Waals surface area (Å²) >= 11 is 1.78. The van der Waals surface area contributed by atoms with E-state index in [1.165, 1.54) is 39.1 Å². The van der Waals surface area contributed by atoms with Crippen molar-refractivity contribution in [2.45, 2.75) is 76.7 Å². The lowest BCUT2D eigenvalue weighted by Gasteiger charge is -2.42. The van der Waals surface area contributed by atoms with E-state index >= 15 is 0 Å². The maximum atomic E-state index is 12.8. The van der Waals surface area contributed by atoms with Gasteiger partial charge in [-0.3, -0.25) is 9.36 Å². The third-order valence-electron chi connectivity index (χ3n) is 9.14. The van der Waals surface area contributed by atoms with Gasteiger partial charge in [-0.2, -0.15) is 0 Å². The van der Waals surface area contributed by atoms with Gasteiger partial charge < -0.3 is 9.88 Å². The van der Waals surface area contributed by atoms with Crippen LogP contribution in [-0.2, 0) is 17.4 Å². The Labute approximate surface area is 233 Å². The Kier molecular flexibility index (Phi) is 6.63. The molecule has 1 N–H and O–H groups in total. The molecule has 0 spiro atoms. The smallest absolute Gasteiger partial charge is 0.307 e. The van der Waals surface area contributed by atoms with Crippen LogP contribution in [0.25, 0.3) is 22.2 Å². The van der Waals surface area contributed by atoms with Crippen LogP contribution in [0.1, 0.15) is 75.4 Å². The molecule has 2 aromatic carbocycles. The summed E-state index contributed by atoms with van der Waals surface area (Å²) in [4.78, 5) is 35.7. The standard InChI is InChI=1S/C32H38N4O2S/c1-31(2)13-14-32(3,4)25-19-22(9-10-24(25)31)27-20-39-28(33-27)21-11-15-35(16-12-21)17-18-36-29(37)23-7-5-6-8-26(23)34-30(36)38/h5-10,19-21H,11-18H2,1-4H3,(H,34,38). The first-order chi connectivity index (χ1) is 18.6. The molecule has 0 bridgehead atoms. The second-order valence-electron chi connectivity index (χ2n) is 12.6. The lowest BCUT2D eigenvalue weighted by molar-refractivity contribution is 0.203. The molecule has 4 aromatic rings. The first-order valence-corrected chi connectivity index (χ1v) is 15.1. The minimum atomic E-state index is -0.335. The number of piperidine rings is 1. The van der Waals surface area contributed by atoms with Gasteiger partial charge in [0.2, 0.25) is 0 Å². The van der Waals surface area contributed by atoms with Crippen molar-refractivity contribution in [2.75, 3.05) is 19.6 Å². The van der Waals surface area contributed by atoms with Crippen LogP contribution in [0.4, 0.5) is 0 Å². The zero-order valence-electron chi connectivity index (χ0n) is 23.4. The van der Waals surface area contributed by atoms with Crippen molar-refractivity contribution < 1.29 is 0 Å². The first kappa shape index (κ1) is 26.2. The fourth-order valence-corrected chi connectivity index (χ4v) is 7.40. The molecule has 3 heterocycles. The maximum absolute atomic E-state index is 12.8. The molecule has 6 nitrogen and oxygen atoms in total. The summed E-state index contributed by atoms with van der Waals surface area (Å²) in [5.41, 5.74) is 5.74. The summed E-state index contributed by atoms with van der Waals surface area (Å²) in [5, 5.41) is 4.01. The first-order valence-electron chi connectivity index (χ1n) is 14.2. The van der Waals surface area contributed by atoms with E-state index in [0.717, 1.165) is 31.6 Å². The molecule has 1 aliphatic carbocycles. The summed E-state index contributed by atoms with van der Waals surface area (Å²) in [5.74, 6) is 0.458. The van der Waals surface area contributed by atoms with Gasteiger partial charge in [0.15, 0.2) is 0 Å². The zero-order valence-corrected chi connectivity index (χ0v) is 24.2. The van der Waals surface area contributed by atoms with Crippen LogP contribution in [0.5, 0.6) is 0 Å². The molecule has 2 aliphatic rings. The van der Waals surface area contributed by atoms with E-state index in [0.29, 0.717) is 29.9 Å². The molecular weight excluding hydrogens is 504 g/mol. The van der Waals surface area contributed by atoms with Gasteiger partial charge in [0.05, 0.1) is 21.6 Å². The van der Waals surface area contributed by atoms with Crippen LogP contribution in [0.15, 0.2) is 57.4 Å². The molecule has 204 valence electrons. The van der Waals surface area contributed by atoms with E-state index in [2.05, 4.69) is 61.2 Å². The van der Waals surface area contributed by atoms with E-state index in [9.17, 15) is 9.59 Å². The van der Waals surface area contributed by atoms with Gasteiger partial charge in [0.1, 0.15) is 0 Å². The van der Waals surface area contributed by atoms with Gasteiger partial charge in [-0.25, -0.2) is 9.78 Å². The summed E-state index contributed by atoms with van der Waals surface area (Å²) in [6.45, 7) is 12.5. The number of fused-ring (bicyclic) bond motifs is 2. The molecule has 1 aliphatic heterocycles. The quantitative estimate of drug-likeness (QED) is 0.334. The molecule has 1 saturated heterocycles. The average molecular weight is 543 g/mol. The van der Waals surface area contributed by atoms with Crippen LogP contribution >= 0.6 is 11.3 Å². The molecule has 2 aromatic heterocycles. The molecule has 0 unspecified atom stereocenters. The predicted octanol–water partition coefficient (Wildman–Crippen LogP) is 6.04. The molecule has 39 heavy (non-hydrogen) atoms. The normalized spacial score (nSPS) is 19.3. The number of thiazole rings is 1. The minimum absolute atomic E-state index is 0.190. The topological polar surface area (TPSA) is 71.0 Å². The molecule has 7 heteroatoms. The SMILES string of the molecule is CC1(C)CCC(C)(C)c2cc(-c3csc(C4CCN(CCn5c(=O)[nH]c6ccccc6c5=O)CC4)n3)ccc21. The van der Waals surface area contributed by atoms with Gasteiger partial charge in [-0.1, -0.05) is 52.0 Å². The number of nitrogens with one attached hydrogen (secondary N) is 1. The Hall–Kier alpha value is -3.03. The largest absolute Gasteiger partial charge is 0.328 e. The Balaban J connectivity index is 1.11. The molecule has 1 fully saturated rings. The Morgan fingerprint density at radius 1 is 0.949 bits per heavy atom. The molecular formula is C32H38N4O2S. The van der Waals surface area contributed by atoms with E-state index in [-0.39, 0.29) is 22.1 Å². The maximum Gasteiger partial charge on any atom is 0.328 e. The lowest BCUT2D eigenvalue weighted by Crippen LogP contribution is -2.41. The van der Waals surface area contributed by atoms with E-state index < -0.39 is 0 Å². The summed E-state index contributed by atoms with van der Waals surface area (Å²) in [7, 11) is 0. The Bertz CT molecular complexity index is 1640. The molecule has 0 atom stereocenters. The average Bonchev–Trinajstić information content (AvgIpc) is 3.42. The van der Waals surface area contributed by atoms with Crippen LogP contribution in [0.2, 0.25) is 0 Å². The Morgan fingerprint density at radius 3 is 2.44 bits per heavy atom. The van der Waals surface area contributed by atoms with Crippen molar-refractivity contribution in [2.24, 2.45) is 0 Å².